The molecular weight excluding hydrogens is 241 g/mol. The third-order valence-corrected chi connectivity index (χ3v) is 2.34. The predicted octanol–water partition coefficient (Wildman–Crippen LogP) is 1.74. The first-order chi connectivity index (χ1) is 4.72. The van der Waals surface area contributed by atoms with Gasteiger partial charge < -0.3 is 4.74 Å². The molecule has 62 valence electrons. The van der Waals surface area contributed by atoms with Crippen molar-refractivity contribution in [1.82, 2.24) is 4.90 Å². The molecule has 0 atom stereocenters. The maximum absolute atomic E-state index is 4.98. The molecule has 0 bridgehead atoms. The summed E-state index contributed by atoms with van der Waals surface area (Å²) in [5.41, 5.74) is 0. The normalized spacial score (nSPS) is 11.4. The fourth-order valence-electron chi connectivity index (χ4n) is 0.665. The summed E-state index contributed by atoms with van der Waals surface area (Å²) in [5.74, 6) is 0. The van der Waals surface area contributed by atoms with E-state index in [-0.39, 0.29) is 0 Å². The van der Waals surface area contributed by atoms with E-state index >= 15 is 0 Å². The second-order valence-corrected chi connectivity index (χ2v) is 3.20. The minimum atomic E-state index is 0.632. The van der Waals surface area contributed by atoms with Crippen LogP contribution in [-0.4, -0.2) is 35.8 Å². The number of ether oxygens (including phenoxy) is 1. The predicted molar refractivity (Wildman–Crippen MR) is 52.6 cm³/mol. The first-order valence-electron chi connectivity index (χ1n) is 3.51. The quantitative estimate of drug-likeness (QED) is 0.422. The molecule has 10 heavy (non-hydrogen) atoms. The Labute approximate surface area is 77.1 Å². The van der Waals surface area contributed by atoms with Gasteiger partial charge in [-0.15, -0.1) is 0 Å². The van der Waals surface area contributed by atoms with Crippen LogP contribution in [0.1, 0.15) is 13.8 Å². The van der Waals surface area contributed by atoms with Crippen LogP contribution < -0.4 is 0 Å². The molecule has 0 heterocycles. The average Bonchev–Trinajstić information content (AvgIpc) is 1.89. The van der Waals surface area contributed by atoms with Gasteiger partial charge in [0.05, 0.1) is 11.2 Å². The van der Waals surface area contributed by atoms with Crippen molar-refractivity contribution in [3.8, 4) is 0 Å². The van der Waals surface area contributed by atoms with Crippen molar-refractivity contribution in [2.24, 2.45) is 0 Å². The molecule has 0 aromatic rings. The van der Waals surface area contributed by atoms with Crippen LogP contribution in [0.5, 0.6) is 0 Å². The molecule has 0 spiro atoms. The Morgan fingerprint density at radius 1 is 1.50 bits per heavy atom. The zero-order valence-electron chi connectivity index (χ0n) is 6.93. The first-order valence-corrected chi connectivity index (χ1v) is 5.04. The second kappa shape index (κ2) is 6.37. The van der Waals surface area contributed by atoms with Gasteiger partial charge in [-0.2, -0.15) is 0 Å². The lowest BCUT2D eigenvalue weighted by atomic mass is 10.3. The van der Waals surface area contributed by atoms with E-state index in [9.17, 15) is 0 Å². The molecule has 0 fully saturated rings. The van der Waals surface area contributed by atoms with Gasteiger partial charge >= 0.3 is 0 Å². The van der Waals surface area contributed by atoms with Gasteiger partial charge in [-0.05, 0) is 13.8 Å². The maximum Gasteiger partial charge on any atom is 0.0590 e. The molecule has 0 unspecified atom stereocenters. The summed E-state index contributed by atoms with van der Waals surface area (Å²) in [6, 6.07) is 0.632. The van der Waals surface area contributed by atoms with Crippen LogP contribution in [0.3, 0.4) is 0 Å². The molecular formula is C7H16INO. The summed E-state index contributed by atoms with van der Waals surface area (Å²) in [5, 5.41) is 0. The third kappa shape index (κ3) is 4.46. The summed E-state index contributed by atoms with van der Waals surface area (Å²) in [7, 11) is 1.74. The van der Waals surface area contributed by atoms with E-state index in [1.165, 1.54) is 0 Å². The number of nitrogens with zero attached hydrogens (tertiary/aromatic N) is 1. The highest BCUT2D eigenvalue weighted by molar-refractivity contribution is 14.1. The SMILES string of the molecule is COCCN(CI)C(C)C. The largest absolute Gasteiger partial charge is 0.383 e. The van der Waals surface area contributed by atoms with E-state index in [1.54, 1.807) is 7.11 Å². The summed E-state index contributed by atoms with van der Waals surface area (Å²) in [4.78, 5) is 2.37. The van der Waals surface area contributed by atoms with Gasteiger partial charge in [0.1, 0.15) is 0 Å². The average molecular weight is 257 g/mol. The fraction of sp³-hybridized carbons (Fsp3) is 1.00. The molecule has 0 amide bonds. The Hall–Kier alpha value is 0.650. The fourth-order valence-corrected chi connectivity index (χ4v) is 1.79. The monoisotopic (exact) mass is 257 g/mol. The highest BCUT2D eigenvalue weighted by Gasteiger charge is 2.05. The van der Waals surface area contributed by atoms with Gasteiger partial charge in [-0.1, -0.05) is 22.6 Å². The summed E-state index contributed by atoms with van der Waals surface area (Å²) in [6.07, 6.45) is 0. The van der Waals surface area contributed by atoms with Crippen molar-refractivity contribution in [3.63, 3.8) is 0 Å². The molecule has 0 N–H and O–H groups in total. The molecule has 0 aromatic carbocycles. The lowest BCUT2D eigenvalue weighted by Crippen LogP contribution is -2.32. The standard InChI is InChI=1S/C7H16INO/c1-7(2)9(6-8)4-5-10-3/h7H,4-6H2,1-3H3. The van der Waals surface area contributed by atoms with Crippen LogP contribution in [-0.2, 0) is 4.74 Å². The Balaban J connectivity index is 3.40. The second-order valence-electron chi connectivity index (χ2n) is 2.52. The Morgan fingerprint density at radius 2 is 2.10 bits per heavy atom. The van der Waals surface area contributed by atoms with Crippen LogP contribution in [0.15, 0.2) is 0 Å². The van der Waals surface area contributed by atoms with Crippen molar-refractivity contribution >= 4 is 22.6 Å². The van der Waals surface area contributed by atoms with Gasteiger partial charge in [-0.3, -0.25) is 4.90 Å². The van der Waals surface area contributed by atoms with Crippen LogP contribution >= 0.6 is 22.6 Å². The summed E-state index contributed by atoms with van der Waals surface area (Å²) < 4.78 is 6.06. The van der Waals surface area contributed by atoms with Crippen LogP contribution in [0.25, 0.3) is 0 Å². The minimum absolute atomic E-state index is 0.632. The molecule has 2 nitrogen and oxygen atoms in total. The summed E-state index contributed by atoms with van der Waals surface area (Å²) >= 11 is 2.37. The Kier molecular flexibility index (Phi) is 6.78. The molecule has 0 saturated heterocycles. The molecule has 0 rings (SSSR count). The van der Waals surface area contributed by atoms with Crippen molar-refractivity contribution in [2.75, 3.05) is 24.8 Å². The molecule has 0 aliphatic rings. The van der Waals surface area contributed by atoms with E-state index in [0.29, 0.717) is 6.04 Å². The van der Waals surface area contributed by atoms with Crippen molar-refractivity contribution in [1.29, 1.82) is 0 Å². The van der Waals surface area contributed by atoms with E-state index in [2.05, 4.69) is 41.3 Å². The number of rotatable bonds is 5. The highest BCUT2D eigenvalue weighted by Crippen LogP contribution is 2.00. The van der Waals surface area contributed by atoms with E-state index in [1.807, 2.05) is 0 Å². The van der Waals surface area contributed by atoms with E-state index in [0.717, 1.165) is 17.7 Å². The molecule has 3 heteroatoms. The van der Waals surface area contributed by atoms with Gasteiger partial charge in [0, 0.05) is 19.7 Å². The Morgan fingerprint density at radius 3 is 2.40 bits per heavy atom. The molecule has 0 radical (unpaired) electrons. The number of methoxy groups -OCH3 is 1. The van der Waals surface area contributed by atoms with Crippen molar-refractivity contribution < 1.29 is 4.74 Å². The summed E-state index contributed by atoms with van der Waals surface area (Å²) in [6.45, 7) is 6.28. The van der Waals surface area contributed by atoms with Crippen molar-refractivity contribution in [2.45, 2.75) is 19.9 Å². The lowest BCUT2D eigenvalue weighted by Gasteiger charge is -2.22. The van der Waals surface area contributed by atoms with Gasteiger partial charge in [-0.25, -0.2) is 0 Å². The van der Waals surface area contributed by atoms with Crippen LogP contribution in [0.2, 0.25) is 0 Å². The molecule has 0 aliphatic carbocycles. The zero-order chi connectivity index (χ0) is 7.98. The first kappa shape index (κ1) is 10.7. The van der Waals surface area contributed by atoms with E-state index < -0.39 is 0 Å². The van der Waals surface area contributed by atoms with Crippen molar-refractivity contribution in [3.05, 3.63) is 0 Å². The molecule has 0 aliphatic heterocycles. The zero-order valence-corrected chi connectivity index (χ0v) is 9.09. The lowest BCUT2D eigenvalue weighted by molar-refractivity contribution is 0.145. The van der Waals surface area contributed by atoms with Crippen LogP contribution in [0.4, 0.5) is 0 Å². The molecule has 0 saturated carbocycles. The Bertz CT molecular complexity index is 78.0. The topological polar surface area (TPSA) is 12.5 Å². The number of halogens is 1. The number of hydrogen-bond acceptors (Lipinski definition) is 2. The number of hydrogen-bond donors (Lipinski definition) is 0. The minimum Gasteiger partial charge on any atom is -0.383 e. The number of alkyl halides is 1. The van der Waals surface area contributed by atoms with E-state index in [4.69, 9.17) is 4.74 Å². The molecule has 0 aromatic heterocycles. The van der Waals surface area contributed by atoms with Gasteiger partial charge in [0.25, 0.3) is 0 Å². The van der Waals surface area contributed by atoms with Gasteiger partial charge in [0.15, 0.2) is 0 Å². The maximum atomic E-state index is 4.98. The smallest absolute Gasteiger partial charge is 0.0590 e. The van der Waals surface area contributed by atoms with Gasteiger partial charge in [0.2, 0.25) is 0 Å². The van der Waals surface area contributed by atoms with Crippen LogP contribution in [0, 0.1) is 0 Å². The third-order valence-electron chi connectivity index (χ3n) is 1.47. The highest BCUT2D eigenvalue weighted by atomic mass is 127.